The van der Waals surface area contributed by atoms with Crippen LogP contribution in [0.25, 0.3) is 5.76 Å². The molecule has 0 aliphatic carbocycles. The van der Waals surface area contributed by atoms with Crippen LogP contribution in [0.3, 0.4) is 0 Å². The molecule has 0 bridgehead atoms. The number of halogens is 1. The van der Waals surface area contributed by atoms with Crippen LogP contribution in [0.5, 0.6) is 11.5 Å². The Morgan fingerprint density at radius 1 is 0.970 bits per heavy atom. The first-order chi connectivity index (χ1) is 15.9. The van der Waals surface area contributed by atoms with Gasteiger partial charge < -0.3 is 14.6 Å². The van der Waals surface area contributed by atoms with Crippen LogP contribution in [-0.4, -0.2) is 31.0 Å². The van der Waals surface area contributed by atoms with Crippen LogP contribution in [0.4, 0.5) is 5.69 Å². The van der Waals surface area contributed by atoms with Crippen LogP contribution in [-0.2, 0) is 9.59 Å². The molecule has 1 aliphatic rings. The van der Waals surface area contributed by atoms with Gasteiger partial charge in [0.2, 0.25) is 0 Å². The summed E-state index contributed by atoms with van der Waals surface area (Å²) in [5.41, 5.74) is 2.18. The first kappa shape index (κ1) is 22.4. The van der Waals surface area contributed by atoms with Gasteiger partial charge in [-0.1, -0.05) is 48.0 Å². The highest BCUT2D eigenvalue weighted by molar-refractivity contribution is 6.52. The van der Waals surface area contributed by atoms with Crippen LogP contribution in [0.2, 0.25) is 5.02 Å². The number of aliphatic hydroxyl groups excluding tert-OH is 1. The van der Waals surface area contributed by atoms with Crippen molar-refractivity contribution in [1.82, 2.24) is 0 Å². The number of methoxy groups -OCH3 is 2. The second-order valence-electron chi connectivity index (χ2n) is 7.58. The third-order valence-electron chi connectivity index (χ3n) is 5.66. The van der Waals surface area contributed by atoms with Gasteiger partial charge in [0, 0.05) is 27.9 Å². The standard InChI is InChI=1S/C26H22ClNO5/c1-15-9-10-17(13-20(15)27)28-23(19-12-11-18(32-2)14-21(19)33-3)22(25(30)26(28)31)24(29)16-7-5-4-6-8-16/h4-14,23,29H,1-3H3/b24-22+. The Labute approximate surface area is 196 Å². The number of hydrogen-bond donors (Lipinski definition) is 1. The van der Waals surface area contributed by atoms with Gasteiger partial charge in [-0.15, -0.1) is 0 Å². The van der Waals surface area contributed by atoms with Crippen molar-refractivity contribution >= 4 is 34.7 Å². The molecule has 0 radical (unpaired) electrons. The highest BCUT2D eigenvalue weighted by Gasteiger charge is 2.48. The molecule has 0 saturated carbocycles. The second kappa shape index (κ2) is 9.00. The van der Waals surface area contributed by atoms with Crippen molar-refractivity contribution in [3.8, 4) is 11.5 Å². The fourth-order valence-electron chi connectivity index (χ4n) is 3.92. The molecule has 0 spiro atoms. The molecular formula is C26H22ClNO5. The summed E-state index contributed by atoms with van der Waals surface area (Å²) in [5.74, 6) is -0.874. The number of ketones is 1. The predicted octanol–water partition coefficient (Wildman–Crippen LogP) is 5.29. The van der Waals surface area contributed by atoms with Crippen molar-refractivity contribution < 1.29 is 24.2 Å². The first-order valence-corrected chi connectivity index (χ1v) is 10.6. The zero-order valence-corrected chi connectivity index (χ0v) is 19.1. The number of aryl methyl sites for hydroxylation is 1. The number of nitrogens with zero attached hydrogens (tertiary/aromatic N) is 1. The number of ether oxygens (including phenoxy) is 2. The average Bonchev–Trinajstić information content (AvgIpc) is 3.10. The Morgan fingerprint density at radius 3 is 2.33 bits per heavy atom. The number of hydrogen-bond acceptors (Lipinski definition) is 5. The molecule has 6 nitrogen and oxygen atoms in total. The summed E-state index contributed by atoms with van der Waals surface area (Å²) in [7, 11) is 3.02. The second-order valence-corrected chi connectivity index (χ2v) is 7.98. The minimum atomic E-state index is -0.940. The third kappa shape index (κ3) is 3.94. The topological polar surface area (TPSA) is 76.1 Å². The zero-order valence-electron chi connectivity index (χ0n) is 18.3. The summed E-state index contributed by atoms with van der Waals surface area (Å²) in [5, 5.41) is 11.6. The van der Waals surface area contributed by atoms with Gasteiger partial charge in [0.25, 0.3) is 11.7 Å². The molecule has 3 aromatic carbocycles. The number of benzene rings is 3. The fraction of sp³-hybridized carbons (Fsp3) is 0.154. The fourth-order valence-corrected chi connectivity index (χ4v) is 4.10. The number of Topliss-reactive ketones (excluding diaryl/α,β-unsaturated/α-hetero) is 1. The van der Waals surface area contributed by atoms with Gasteiger partial charge >= 0.3 is 0 Å². The molecule has 1 N–H and O–H groups in total. The lowest BCUT2D eigenvalue weighted by Gasteiger charge is -2.27. The van der Waals surface area contributed by atoms with Crippen molar-refractivity contribution in [2.24, 2.45) is 0 Å². The van der Waals surface area contributed by atoms with Crippen molar-refractivity contribution in [3.05, 3.63) is 94.0 Å². The Morgan fingerprint density at radius 2 is 1.70 bits per heavy atom. The lowest BCUT2D eigenvalue weighted by atomic mass is 9.94. The van der Waals surface area contributed by atoms with Gasteiger partial charge in [-0.3, -0.25) is 14.5 Å². The summed E-state index contributed by atoms with van der Waals surface area (Å²) in [6.45, 7) is 1.85. The van der Waals surface area contributed by atoms with Gasteiger partial charge in [0.15, 0.2) is 0 Å². The van der Waals surface area contributed by atoms with Crippen molar-refractivity contribution in [1.29, 1.82) is 0 Å². The molecule has 7 heteroatoms. The Bertz CT molecular complexity index is 1270. The van der Waals surface area contributed by atoms with Crippen LogP contribution in [0, 0.1) is 6.92 Å². The molecule has 3 aromatic rings. The SMILES string of the molecule is COc1ccc(C2/C(=C(\O)c3ccccc3)C(=O)C(=O)N2c2ccc(C)c(Cl)c2)c(OC)c1. The highest BCUT2D eigenvalue weighted by Crippen LogP contribution is 2.46. The quantitative estimate of drug-likeness (QED) is 0.316. The van der Waals surface area contributed by atoms with Gasteiger partial charge in [0.05, 0.1) is 25.8 Å². The maximum atomic E-state index is 13.3. The average molecular weight is 464 g/mol. The van der Waals surface area contributed by atoms with E-state index in [0.717, 1.165) is 5.56 Å². The molecule has 1 atom stereocenters. The van der Waals surface area contributed by atoms with Gasteiger partial charge in [-0.25, -0.2) is 0 Å². The molecular weight excluding hydrogens is 442 g/mol. The maximum absolute atomic E-state index is 13.3. The first-order valence-electron chi connectivity index (χ1n) is 10.2. The summed E-state index contributed by atoms with van der Waals surface area (Å²) >= 11 is 6.34. The zero-order chi connectivity index (χ0) is 23.7. The minimum absolute atomic E-state index is 0.0358. The van der Waals surface area contributed by atoms with Gasteiger partial charge in [0.1, 0.15) is 17.3 Å². The number of aliphatic hydroxyl groups is 1. The third-order valence-corrected chi connectivity index (χ3v) is 6.07. The summed E-state index contributed by atoms with van der Waals surface area (Å²) < 4.78 is 10.9. The van der Waals surface area contributed by atoms with E-state index in [-0.39, 0.29) is 11.3 Å². The summed E-state index contributed by atoms with van der Waals surface area (Å²) in [4.78, 5) is 27.9. The molecule has 33 heavy (non-hydrogen) atoms. The normalized spacial score (nSPS) is 17.3. The van der Waals surface area contributed by atoms with Crippen molar-refractivity contribution in [2.75, 3.05) is 19.1 Å². The largest absolute Gasteiger partial charge is 0.507 e. The van der Waals surface area contributed by atoms with E-state index in [1.54, 1.807) is 66.7 Å². The van der Waals surface area contributed by atoms with Crippen LogP contribution in [0.1, 0.15) is 22.7 Å². The monoisotopic (exact) mass is 463 g/mol. The van der Waals surface area contributed by atoms with Crippen molar-refractivity contribution in [3.63, 3.8) is 0 Å². The summed E-state index contributed by atoms with van der Waals surface area (Å²) in [6, 6.07) is 17.9. The predicted molar refractivity (Wildman–Crippen MR) is 127 cm³/mol. The van der Waals surface area contributed by atoms with E-state index in [1.807, 2.05) is 6.92 Å². The Kier molecular flexibility index (Phi) is 6.11. The van der Waals surface area contributed by atoms with E-state index < -0.39 is 17.7 Å². The van der Waals surface area contributed by atoms with Crippen LogP contribution in [0.15, 0.2) is 72.3 Å². The highest BCUT2D eigenvalue weighted by atomic mass is 35.5. The number of amides is 1. The molecule has 0 aromatic heterocycles. The molecule has 1 aliphatic heterocycles. The van der Waals surface area contributed by atoms with E-state index in [9.17, 15) is 14.7 Å². The maximum Gasteiger partial charge on any atom is 0.300 e. The molecule has 1 heterocycles. The van der Waals surface area contributed by atoms with Crippen LogP contribution >= 0.6 is 11.6 Å². The van der Waals surface area contributed by atoms with E-state index in [0.29, 0.717) is 33.3 Å². The van der Waals surface area contributed by atoms with Crippen molar-refractivity contribution in [2.45, 2.75) is 13.0 Å². The molecule has 4 rings (SSSR count). The molecule has 168 valence electrons. The summed E-state index contributed by atoms with van der Waals surface area (Å²) in [6.07, 6.45) is 0. The number of rotatable bonds is 5. The molecule has 1 saturated heterocycles. The molecule has 1 unspecified atom stereocenters. The van der Waals surface area contributed by atoms with E-state index >= 15 is 0 Å². The Balaban J connectivity index is 2.00. The van der Waals surface area contributed by atoms with Gasteiger partial charge in [-0.2, -0.15) is 0 Å². The lowest BCUT2D eigenvalue weighted by Crippen LogP contribution is -2.29. The lowest BCUT2D eigenvalue weighted by molar-refractivity contribution is -0.132. The smallest absolute Gasteiger partial charge is 0.300 e. The van der Waals surface area contributed by atoms with E-state index in [1.165, 1.54) is 19.1 Å². The molecule has 1 fully saturated rings. The Hall–Kier alpha value is -3.77. The number of anilines is 1. The number of carbonyl (C=O) groups excluding carboxylic acids is 2. The van der Waals surface area contributed by atoms with E-state index in [2.05, 4.69) is 0 Å². The van der Waals surface area contributed by atoms with Crippen LogP contribution < -0.4 is 14.4 Å². The van der Waals surface area contributed by atoms with E-state index in [4.69, 9.17) is 21.1 Å². The minimum Gasteiger partial charge on any atom is -0.507 e. The van der Waals surface area contributed by atoms with Gasteiger partial charge in [-0.05, 0) is 36.8 Å². The number of carbonyl (C=O) groups is 2. The molecule has 1 amide bonds.